The Morgan fingerprint density at radius 3 is 2.50 bits per heavy atom. The number of hydrogen-bond acceptors (Lipinski definition) is 3. The molecule has 0 saturated heterocycles. The number of hydrogen-bond donors (Lipinski definition) is 2. The van der Waals surface area contributed by atoms with E-state index in [1.165, 1.54) is 0 Å². The highest BCUT2D eigenvalue weighted by molar-refractivity contribution is 5.06. The van der Waals surface area contributed by atoms with Crippen molar-refractivity contribution in [2.75, 3.05) is 0 Å². The quantitative estimate of drug-likeness (QED) is 0.759. The first-order valence-corrected chi connectivity index (χ1v) is 5.01. The summed E-state index contributed by atoms with van der Waals surface area (Å²) in [6.07, 6.45) is 1.07. The van der Waals surface area contributed by atoms with Gasteiger partial charge in [-0.1, -0.05) is 6.92 Å². The molecule has 1 aromatic heterocycles. The molecule has 0 amide bonds. The molecular weight excluding hydrogens is 178 g/mol. The lowest BCUT2D eigenvalue weighted by atomic mass is 10.0. The summed E-state index contributed by atoms with van der Waals surface area (Å²) in [5.74, 6) is 1.49. The maximum absolute atomic E-state index is 8.81. The van der Waals surface area contributed by atoms with Gasteiger partial charge >= 0.3 is 0 Å². The Kier molecular flexibility index (Phi) is 3.72. The standard InChI is InChI=1S/C11H19NO2/c1-4-11(2,3)12-7-9-5-6-10(8-13)14-9/h5-6,12-13H,4,7-8H2,1-3H3. The molecule has 0 aromatic carbocycles. The maximum Gasteiger partial charge on any atom is 0.129 e. The predicted molar refractivity (Wildman–Crippen MR) is 55.8 cm³/mol. The average molecular weight is 197 g/mol. The van der Waals surface area contributed by atoms with Crippen LogP contribution in [0.4, 0.5) is 0 Å². The Bertz CT molecular complexity index is 279. The molecule has 1 aromatic rings. The van der Waals surface area contributed by atoms with E-state index in [1.54, 1.807) is 6.07 Å². The molecule has 0 radical (unpaired) electrons. The van der Waals surface area contributed by atoms with E-state index in [0.717, 1.165) is 12.2 Å². The smallest absolute Gasteiger partial charge is 0.129 e. The highest BCUT2D eigenvalue weighted by atomic mass is 16.4. The Morgan fingerprint density at radius 2 is 2.00 bits per heavy atom. The molecule has 14 heavy (non-hydrogen) atoms. The molecular formula is C11H19NO2. The molecule has 0 atom stereocenters. The van der Waals surface area contributed by atoms with E-state index in [2.05, 4.69) is 26.1 Å². The van der Waals surface area contributed by atoms with Crippen molar-refractivity contribution in [2.24, 2.45) is 0 Å². The van der Waals surface area contributed by atoms with Crippen molar-refractivity contribution in [1.29, 1.82) is 0 Å². The van der Waals surface area contributed by atoms with E-state index in [4.69, 9.17) is 9.52 Å². The summed E-state index contributed by atoms with van der Waals surface area (Å²) in [5, 5.41) is 12.2. The van der Waals surface area contributed by atoms with E-state index in [0.29, 0.717) is 12.3 Å². The number of furan rings is 1. The summed E-state index contributed by atoms with van der Waals surface area (Å²) in [6.45, 7) is 7.14. The van der Waals surface area contributed by atoms with Crippen molar-refractivity contribution >= 4 is 0 Å². The first-order chi connectivity index (χ1) is 6.57. The van der Waals surface area contributed by atoms with Crippen LogP contribution in [0.3, 0.4) is 0 Å². The summed E-state index contributed by atoms with van der Waals surface area (Å²) in [5.41, 5.74) is 0.131. The minimum absolute atomic E-state index is 0.0306. The molecule has 0 spiro atoms. The summed E-state index contributed by atoms with van der Waals surface area (Å²) >= 11 is 0. The van der Waals surface area contributed by atoms with E-state index in [9.17, 15) is 0 Å². The second-order valence-corrected chi connectivity index (χ2v) is 4.12. The summed E-state index contributed by atoms with van der Waals surface area (Å²) in [4.78, 5) is 0. The molecule has 0 aliphatic rings. The molecule has 3 nitrogen and oxygen atoms in total. The van der Waals surface area contributed by atoms with E-state index >= 15 is 0 Å². The van der Waals surface area contributed by atoms with E-state index < -0.39 is 0 Å². The van der Waals surface area contributed by atoms with Crippen molar-refractivity contribution in [3.63, 3.8) is 0 Å². The van der Waals surface area contributed by atoms with Crippen molar-refractivity contribution in [3.05, 3.63) is 23.7 Å². The third-order valence-corrected chi connectivity index (χ3v) is 2.50. The number of aliphatic hydroxyl groups is 1. The molecule has 0 aliphatic heterocycles. The van der Waals surface area contributed by atoms with E-state index in [-0.39, 0.29) is 12.1 Å². The van der Waals surface area contributed by atoms with Crippen molar-refractivity contribution < 1.29 is 9.52 Å². The van der Waals surface area contributed by atoms with Crippen LogP contribution in [0.1, 0.15) is 38.7 Å². The fourth-order valence-corrected chi connectivity index (χ4v) is 1.05. The molecule has 0 unspecified atom stereocenters. The Balaban J connectivity index is 2.45. The van der Waals surface area contributed by atoms with Gasteiger partial charge in [-0.05, 0) is 32.4 Å². The van der Waals surface area contributed by atoms with Gasteiger partial charge in [-0.25, -0.2) is 0 Å². The topological polar surface area (TPSA) is 45.4 Å². The summed E-state index contributed by atoms with van der Waals surface area (Å²) in [6, 6.07) is 3.69. The van der Waals surface area contributed by atoms with Crippen LogP contribution in [0.15, 0.2) is 16.5 Å². The fourth-order valence-electron chi connectivity index (χ4n) is 1.05. The first-order valence-electron chi connectivity index (χ1n) is 5.01. The molecule has 80 valence electrons. The third-order valence-electron chi connectivity index (χ3n) is 2.50. The van der Waals surface area contributed by atoms with Gasteiger partial charge in [-0.3, -0.25) is 0 Å². The van der Waals surface area contributed by atoms with Gasteiger partial charge in [0.2, 0.25) is 0 Å². The molecule has 1 heterocycles. The van der Waals surface area contributed by atoms with Gasteiger partial charge < -0.3 is 14.8 Å². The van der Waals surface area contributed by atoms with Crippen LogP contribution in [-0.4, -0.2) is 10.6 Å². The lowest BCUT2D eigenvalue weighted by Crippen LogP contribution is -2.37. The predicted octanol–water partition coefficient (Wildman–Crippen LogP) is 2.05. The van der Waals surface area contributed by atoms with Crippen LogP contribution in [0.5, 0.6) is 0 Å². The van der Waals surface area contributed by atoms with Gasteiger partial charge in [0.25, 0.3) is 0 Å². The van der Waals surface area contributed by atoms with Crippen LogP contribution in [-0.2, 0) is 13.2 Å². The molecule has 0 bridgehead atoms. The zero-order valence-electron chi connectivity index (χ0n) is 9.13. The van der Waals surface area contributed by atoms with Gasteiger partial charge in [0.1, 0.15) is 18.1 Å². The van der Waals surface area contributed by atoms with Gasteiger partial charge in [-0.15, -0.1) is 0 Å². The molecule has 2 N–H and O–H groups in total. The van der Waals surface area contributed by atoms with Crippen LogP contribution < -0.4 is 5.32 Å². The monoisotopic (exact) mass is 197 g/mol. The number of aliphatic hydroxyl groups excluding tert-OH is 1. The van der Waals surface area contributed by atoms with Gasteiger partial charge in [0, 0.05) is 5.54 Å². The third kappa shape index (κ3) is 3.16. The second-order valence-electron chi connectivity index (χ2n) is 4.12. The van der Waals surface area contributed by atoms with Crippen LogP contribution in [0.2, 0.25) is 0 Å². The molecule has 1 rings (SSSR count). The lowest BCUT2D eigenvalue weighted by Gasteiger charge is -2.23. The Hall–Kier alpha value is -0.800. The molecule has 3 heteroatoms. The highest BCUT2D eigenvalue weighted by Gasteiger charge is 2.14. The zero-order valence-corrected chi connectivity index (χ0v) is 9.13. The summed E-state index contributed by atoms with van der Waals surface area (Å²) in [7, 11) is 0. The number of rotatable bonds is 5. The summed E-state index contributed by atoms with van der Waals surface area (Å²) < 4.78 is 5.36. The van der Waals surface area contributed by atoms with Crippen molar-refractivity contribution in [3.8, 4) is 0 Å². The Labute approximate surface area is 85.1 Å². The van der Waals surface area contributed by atoms with Crippen molar-refractivity contribution in [2.45, 2.75) is 45.9 Å². The minimum atomic E-state index is -0.0306. The van der Waals surface area contributed by atoms with Crippen LogP contribution >= 0.6 is 0 Å². The van der Waals surface area contributed by atoms with Crippen LogP contribution in [0, 0.1) is 0 Å². The second kappa shape index (κ2) is 4.62. The largest absolute Gasteiger partial charge is 0.462 e. The van der Waals surface area contributed by atoms with Crippen molar-refractivity contribution in [1.82, 2.24) is 5.32 Å². The van der Waals surface area contributed by atoms with Gasteiger partial charge in [0.05, 0.1) is 6.54 Å². The zero-order chi connectivity index (χ0) is 10.6. The molecule has 0 fully saturated rings. The normalized spacial score (nSPS) is 12.0. The fraction of sp³-hybridized carbons (Fsp3) is 0.636. The van der Waals surface area contributed by atoms with Crippen LogP contribution in [0.25, 0.3) is 0 Å². The number of nitrogens with one attached hydrogen (secondary N) is 1. The highest BCUT2D eigenvalue weighted by Crippen LogP contribution is 2.11. The average Bonchev–Trinajstić information content (AvgIpc) is 2.63. The van der Waals surface area contributed by atoms with Gasteiger partial charge in [0.15, 0.2) is 0 Å². The van der Waals surface area contributed by atoms with Gasteiger partial charge in [-0.2, -0.15) is 0 Å². The Morgan fingerprint density at radius 1 is 1.36 bits per heavy atom. The minimum Gasteiger partial charge on any atom is -0.462 e. The lowest BCUT2D eigenvalue weighted by molar-refractivity contribution is 0.240. The van der Waals surface area contributed by atoms with E-state index in [1.807, 2.05) is 6.07 Å². The molecule has 0 saturated carbocycles. The maximum atomic E-state index is 8.81. The first kappa shape index (κ1) is 11.3. The molecule has 0 aliphatic carbocycles. The SMILES string of the molecule is CCC(C)(C)NCc1ccc(CO)o1.